The maximum absolute atomic E-state index is 12.6. The van der Waals surface area contributed by atoms with Crippen LogP contribution in [0, 0.1) is 0 Å². The number of aliphatic carboxylic acids is 1. The predicted octanol–water partition coefficient (Wildman–Crippen LogP) is 2.79. The molecular weight excluding hydrogens is 431 g/mol. The van der Waals surface area contributed by atoms with Gasteiger partial charge in [0.15, 0.2) is 0 Å². The number of carbonyl (C=O) groups is 2. The van der Waals surface area contributed by atoms with Crippen molar-refractivity contribution in [2.24, 2.45) is 0 Å². The smallest absolute Gasteiger partial charge is 0.320 e. The molecule has 1 amide bonds. The van der Waals surface area contributed by atoms with Gasteiger partial charge in [0.2, 0.25) is 5.91 Å². The zero-order valence-corrected chi connectivity index (χ0v) is 17.3. The van der Waals surface area contributed by atoms with Crippen LogP contribution < -0.4 is 10.6 Å². The van der Waals surface area contributed by atoms with Crippen LogP contribution in [0.3, 0.4) is 0 Å². The van der Waals surface area contributed by atoms with Crippen molar-refractivity contribution in [2.75, 3.05) is 5.32 Å². The number of hydrogen-bond donors (Lipinski definition) is 4. The van der Waals surface area contributed by atoms with Crippen LogP contribution in [0.4, 0.5) is 5.95 Å². The minimum absolute atomic E-state index is 0.000671. The number of aromatic nitrogens is 4. The Morgan fingerprint density at radius 2 is 1.90 bits per heavy atom. The molecular formula is C19H18Cl2N6O3. The van der Waals surface area contributed by atoms with E-state index >= 15 is 0 Å². The maximum Gasteiger partial charge on any atom is 0.320 e. The highest BCUT2D eigenvalue weighted by atomic mass is 35.5. The van der Waals surface area contributed by atoms with E-state index in [0.29, 0.717) is 10.0 Å². The first-order valence-electron chi connectivity index (χ1n) is 8.91. The van der Waals surface area contributed by atoms with Gasteiger partial charge in [-0.15, -0.1) is 5.10 Å². The van der Waals surface area contributed by atoms with Gasteiger partial charge in [0.1, 0.15) is 6.04 Å². The molecule has 0 saturated heterocycles. The third-order valence-corrected chi connectivity index (χ3v) is 4.92. The fourth-order valence-corrected chi connectivity index (χ4v) is 3.19. The summed E-state index contributed by atoms with van der Waals surface area (Å²) in [4.78, 5) is 23.9. The molecule has 0 aliphatic rings. The monoisotopic (exact) mass is 448 g/mol. The second kappa shape index (κ2) is 9.66. The average Bonchev–Trinajstić information content (AvgIpc) is 3.22. The minimum atomic E-state index is -1.07. The fraction of sp³-hybridized carbons (Fsp3) is 0.211. The number of H-pyrrole nitrogens is 1. The topological polar surface area (TPSA) is 133 Å². The first-order valence-corrected chi connectivity index (χ1v) is 9.66. The number of hydrogen-bond acceptors (Lipinski definition) is 6. The Hall–Kier alpha value is -3.01. The molecule has 3 rings (SSSR count). The van der Waals surface area contributed by atoms with E-state index in [-0.39, 0.29) is 12.4 Å². The Bertz CT molecular complexity index is 1030. The lowest BCUT2D eigenvalue weighted by Crippen LogP contribution is -2.49. The Morgan fingerprint density at radius 1 is 1.17 bits per heavy atom. The molecule has 0 bridgehead atoms. The molecule has 30 heavy (non-hydrogen) atoms. The van der Waals surface area contributed by atoms with E-state index in [1.807, 2.05) is 24.3 Å². The largest absolute Gasteiger partial charge is 0.480 e. The number of halogens is 2. The first-order chi connectivity index (χ1) is 14.3. The van der Waals surface area contributed by atoms with Gasteiger partial charge >= 0.3 is 5.97 Å². The average molecular weight is 449 g/mol. The van der Waals surface area contributed by atoms with Crippen molar-refractivity contribution in [3.63, 3.8) is 0 Å². The van der Waals surface area contributed by atoms with E-state index in [1.54, 1.807) is 18.2 Å². The number of carboxylic acid groups (broad SMARTS) is 1. The molecule has 4 N–H and O–H groups in total. The normalized spacial score (nSPS) is 12.9. The lowest BCUT2D eigenvalue weighted by Gasteiger charge is -2.20. The van der Waals surface area contributed by atoms with Gasteiger partial charge < -0.3 is 5.11 Å². The summed E-state index contributed by atoms with van der Waals surface area (Å²) >= 11 is 12.3. The van der Waals surface area contributed by atoms with Crippen molar-refractivity contribution in [3.8, 4) is 11.1 Å². The highest BCUT2D eigenvalue weighted by molar-refractivity contribution is 6.35. The van der Waals surface area contributed by atoms with E-state index in [4.69, 9.17) is 23.2 Å². The van der Waals surface area contributed by atoms with Crippen LogP contribution >= 0.6 is 23.2 Å². The van der Waals surface area contributed by atoms with E-state index in [1.165, 1.54) is 6.92 Å². The van der Waals surface area contributed by atoms with Gasteiger partial charge in [0.05, 0.1) is 6.04 Å². The number of carbonyl (C=O) groups excluding carboxylic acids is 1. The highest BCUT2D eigenvalue weighted by Crippen LogP contribution is 2.30. The SMILES string of the molecule is CC(N[C@H](Cc1ccc(-c2cc(Cl)ccc2Cl)cc1)C(=O)Nc1nn[nH]n1)C(=O)O. The van der Waals surface area contributed by atoms with Gasteiger partial charge in [-0.1, -0.05) is 52.6 Å². The molecule has 1 unspecified atom stereocenters. The summed E-state index contributed by atoms with van der Waals surface area (Å²) < 4.78 is 0. The van der Waals surface area contributed by atoms with Crippen LogP contribution in [0.25, 0.3) is 11.1 Å². The molecule has 0 aliphatic carbocycles. The molecule has 0 fully saturated rings. The van der Waals surface area contributed by atoms with Crippen LogP contribution in [0.2, 0.25) is 10.0 Å². The molecule has 156 valence electrons. The van der Waals surface area contributed by atoms with Crippen molar-refractivity contribution in [1.82, 2.24) is 25.9 Å². The van der Waals surface area contributed by atoms with Crippen LogP contribution in [-0.4, -0.2) is 49.7 Å². The molecule has 1 aromatic heterocycles. The van der Waals surface area contributed by atoms with Gasteiger partial charge in [-0.3, -0.25) is 20.2 Å². The number of tetrazole rings is 1. The predicted molar refractivity (Wildman–Crippen MR) is 112 cm³/mol. The third-order valence-electron chi connectivity index (χ3n) is 4.35. The lowest BCUT2D eigenvalue weighted by atomic mass is 10.00. The number of carboxylic acids is 1. The Balaban J connectivity index is 1.78. The first kappa shape index (κ1) is 21.7. The number of nitrogens with one attached hydrogen (secondary N) is 3. The molecule has 0 spiro atoms. The fourth-order valence-electron chi connectivity index (χ4n) is 2.79. The standard InChI is InChI=1S/C19H18Cl2N6O3/c1-10(18(29)30)22-16(17(28)23-19-24-26-27-25-19)8-11-2-4-12(5-3-11)14-9-13(20)6-7-15(14)21/h2-7,9-10,16,22H,8H2,1H3,(H,29,30)(H2,23,24,25,26,27,28)/t10?,16-/m1/s1. The molecule has 2 atom stereocenters. The summed E-state index contributed by atoms with van der Waals surface area (Å²) in [5, 5.41) is 28.6. The summed E-state index contributed by atoms with van der Waals surface area (Å²) in [6, 6.07) is 10.8. The zero-order chi connectivity index (χ0) is 21.7. The number of nitrogens with zero attached hydrogens (tertiary/aromatic N) is 3. The van der Waals surface area contributed by atoms with E-state index in [2.05, 4.69) is 31.3 Å². The van der Waals surface area contributed by atoms with Gasteiger partial charge in [-0.2, -0.15) is 5.21 Å². The molecule has 0 saturated carbocycles. The lowest BCUT2D eigenvalue weighted by molar-refractivity contribution is -0.139. The second-order valence-electron chi connectivity index (χ2n) is 6.53. The minimum Gasteiger partial charge on any atom is -0.480 e. The molecule has 3 aromatic rings. The second-order valence-corrected chi connectivity index (χ2v) is 7.37. The Labute approximate surface area is 181 Å². The van der Waals surface area contributed by atoms with E-state index in [9.17, 15) is 14.7 Å². The number of amides is 1. The molecule has 0 radical (unpaired) electrons. The van der Waals surface area contributed by atoms with Crippen molar-refractivity contribution < 1.29 is 14.7 Å². The maximum atomic E-state index is 12.6. The van der Waals surface area contributed by atoms with Crippen molar-refractivity contribution >= 4 is 41.0 Å². The quantitative estimate of drug-likeness (QED) is 0.416. The van der Waals surface area contributed by atoms with Gasteiger partial charge in [-0.05, 0) is 47.9 Å². The van der Waals surface area contributed by atoms with E-state index in [0.717, 1.165) is 16.7 Å². The zero-order valence-electron chi connectivity index (χ0n) is 15.8. The number of anilines is 1. The van der Waals surface area contributed by atoms with E-state index < -0.39 is 24.0 Å². The van der Waals surface area contributed by atoms with Crippen LogP contribution in [0.5, 0.6) is 0 Å². The Kier molecular flexibility index (Phi) is 6.99. The van der Waals surface area contributed by atoms with Crippen LogP contribution in [0.15, 0.2) is 42.5 Å². The molecule has 9 nitrogen and oxygen atoms in total. The molecule has 1 heterocycles. The molecule has 11 heteroatoms. The number of aromatic amines is 1. The van der Waals surface area contributed by atoms with Crippen LogP contribution in [0.1, 0.15) is 12.5 Å². The van der Waals surface area contributed by atoms with Crippen molar-refractivity contribution in [1.29, 1.82) is 0 Å². The van der Waals surface area contributed by atoms with Gasteiger partial charge in [0.25, 0.3) is 5.95 Å². The highest BCUT2D eigenvalue weighted by Gasteiger charge is 2.24. The summed E-state index contributed by atoms with van der Waals surface area (Å²) in [6.45, 7) is 1.46. The number of benzene rings is 2. The molecule has 2 aromatic carbocycles. The Morgan fingerprint density at radius 3 is 2.53 bits per heavy atom. The third kappa shape index (κ3) is 5.53. The summed E-state index contributed by atoms with van der Waals surface area (Å²) in [5.41, 5.74) is 2.47. The summed E-state index contributed by atoms with van der Waals surface area (Å²) in [5.74, 6) is -1.55. The summed E-state index contributed by atoms with van der Waals surface area (Å²) in [6.07, 6.45) is 0.241. The summed E-state index contributed by atoms with van der Waals surface area (Å²) in [7, 11) is 0. The van der Waals surface area contributed by atoms with Gasteiger partial charge in [-0.25, -0.2) is 0 Å². The van der Waals surface area contributed by atoms with Crippen LogP contribution in [-0.2, 0) is 16.0 Å². The molecule has 0 aliphatic heterocycles. The number of rotatable bonds is 8. The van der Waals surface area contributed by atoms with Gasteiger partial charge in [0, 0.05) is 15.6 Å². The van der Waals surface area contributed by atoms with Crippen molar-refractivity contribution in [3.05, 3.63) is 58.1 Å². The van der Waals surface area contributed by atoms with Crippen molar-refractivity contribution in [2.45, 2.75) is 25.4 Å².